The molecule has 0 radical (unpaired) electrons. The largest absolute Gasteiger partial charge is 0.298 e. The third kappa shape index (κ3) is 3.56. The summed E-state index contributed by atoms with van der Waals surface area (Å²) >= 11 is 1.60. The molecule has 1 aromatic rings. The number of nitrogens with zero attached hydrogens (tertiary/aromatic N) is 1. The molecule has 0 N–H and O–H groups in total. The van der Waals surface area contributed by atoms with Crippen molar-refractivity contribution < 1.29 is 4.79 Å². The first-order chi connectivity index (χ1) is 7.97. The summed E-state index contributed by atoms with van der Waals surface area (Å²) in [7, 11) is 0. The maximum Gasteiger partial charge on any atom is 0.148 e. The van der Waals surface area contributed by atoms with Crippen LogP contribution in [0.5, 0.6) is 0 Å². The van der Waals surface area contributed by atoms with Gasteiger partial charge in [0, 0.05) is 22.7 Å². The Bertz CT molecular complexity index is 418. The summed E-state index contributed by atoms with van der Waals surface area (Å²) in [5.41, 5.74) is 1.09. The lowest BCUT2D eigenvalue weighted by Gasteiger charge is -2.15. The highest BCUT2D eigenvalue weighted by atomic mass is 32.2. The molecule has 0 saturated heterocycles. The van der Waals surface area contributed by atoms with Crippen LogP contribution in [0.15, 0.2) is 23.4 Å². The molecule has 2 rings (SSSR count). The molecule has 2 nitrogen and oxygen atoms in total. The molecule has 1 aromatic heterocycles. The Hall–Kier alpha value is -0.830. The van der Waals surface area contributed by atoms with E-state index in [1.54, 1.807) is 11.8 Å². The molecule has 0 unspecified atom stereocenters. The molecular formula is C14H19NOS. The van der Waals surface area contributed by atoms with Crippen LogP contribution in [0.1, 0.15) is 45.1 Å². The van der Waals surface area contributed by atoms with Gasteiger partial charge >= 0.3 is 0 Å². The van der Waals surface area contributed by atoms with Gasteiger partial charge in [0.2, 0.25) is 0 Å². The second-order valence-corrected chi connectivity index (χ2v) is 6.74. The fourth-order valence-corrected chi connectivity index (χ4v) is 2.61. The van der Waals surface area contributed by atoms with Crippen LogP contribution < -0.4 is 0 Å². The molecule has 1 heterocycles. The lowest BCUT2D eigenvalue weighted by Crippen LogP contribution is -2.21. The average Bonchev–Trinajstić information content (AvgIpc) is 3.08. The number of pyridine rings is 1. The number of aromatic nitrogens is 1. The molecule has 0 aliphatic heterocycles. The number of hydrogen-bond donors (Lipinski definition) is 0. The van der Waals surface area contributed by atoms with E-state index in [4.69, 9.17) is 0 Å². The molecule has 0 amide bonds. The fraction of sp³-hybridized carbons (Fsp3) is 0.571. The van der Waals surface area contributed by atoms with Crippen molar-refractivity contribution in [1.82, 2.24) is 4.98 Å². The van der Waals surface area contributed by atoms with Crippen molar-refractivity contribution in [3.63, 3.8) is 0 Å². The highest BCUT2D eigenvalue weighted by molar-refractivity contribution is 8.00. The first kappa shape index (κ1) is 12.6. The van der Waals surface area contributed by atoms with Gasteiger partial charge in [-0.15, -0.1) is 11.8 Å². The van der Waals surface area contributed by atoms with Gasteiger partial charge in [0.05, 0.1) is 5.75 Å². The van der Waals surface area contributed by atoms with Gasteiger partial charge in [-0.1, -0.05) is 20.8 Å². The van der Waals surface area contributed by atoms with E-state index in [1.165, 1.54) is 18.4 Å². The van der Waals surface area contributed by atoms with Crippen LogP contribution >= 0.6 is 11.8 Å². The molecule has 92 valence electrons. The van der Waals surface area contributed by atoms with Gasteiger partial charge < -0.3 is 0 Å². The normalized spacial score (nSPS) is 15.9. The predicted octanol–water partition coefficient (Wildman–Crippen LogP) is 3.67. The lowest BCUT2D eigenvalue weighted by atomic mass is 9.92. The molecular weight excluding hydrogens is 230 g/mol. The number of rotatable bonds is 4. The van der Waals surface area contributed by atoms with E-state index < -0.39 is 0 Å². The fourth-order valence-electron chi connectivity index (χ4n) is 1.52. The summed E-state index contributed by atoms with van der Waals surface area (Å²) in [6.45, 7) is 5.90. The molecule has 3 heteroatoms. The number of carbonyl (C=O) groups is 1. The van der Waals surface area contributed by atoms with E-state index in [1.807, 2.05) is 33.2 Å². The summed E-state index contributed by atoms with van der Waals surface area (Å²) < 4.78 is 0. The molecule has 0 spiro atoms. The molecule has 1 aliphatic rings. The van der Waals surface area contributed by atoms with Gasteiger partial charge in [-0.05, 0) is 30.4 Å². The highest BCUT2D eigenvalue weighted by Crippen LogP contribution is 2.40. The highest BCUT2D eigenvalue weighted by Gasteiger charge is 2.24. The van der Waals surface area contributed by atoms with Crippen LogP contribution in [0.3, 0.4) is 0 Å². The van der Waals surface area contributed by atoms with Crippen molar-refractivity contribution in [2.45, 2.75) is 44.4 Å². The molecule has 0 atom stereocenters. The SMILES string of the molecule is CC(C)(C)C(=O)CSc1cncc(C2CC2)c1. The van der Waals surface area contributed by atoms with Gasteiger partial charge in [-0.2, -0.15) is 0 Å². The Morgan fingerprint density at radius 3 is 2.71 bits per heavy atom. The van der Waals surface area contributed by atoms with Crippen molar-refractivity contribution in [2.75, 3.05) is 5.75 Å². The van der Waals surface area contributed by atoms with Crippen molar-refractivity contribution in [3.05, 3.63) is 24.0 Å². The van der Waals surface area contributed by atoms with Crippen LogP contribution in [0, 0.1) is 5.41 Å². The minimum atomic E-state index is -0.242. The van der Waals surface area contributed by atoms with E-state index in [-0.39, 0.29) is 5.41 Å². The van der Waals surface area contributed by atoms with E-state index in [0.29, 0.717) is 11.5 Å². The Morgan fingerprint density at radius 1 is 1.41 bits per heavy atom. The quantitative estimate of drug-likeness (QED) is 0.763. The summed E-state index contributed by atoms with van der Waals surface area (Å²) in [6.07, 6.45) is 6.38. The second-order valence-electron chi connectivity index (χ2n) is 5.69. The first-order valence-electron chi connectivity index (χ1n) is 6.08. The molecule has 0 aromatic carbocycles. The predicted molar refractivity (Wildman–Crippen MR) is 71.4 cm³/mol. The standard InChI is InChI=1S/C14H19NOS/c1-14(2,3)13(16)9-17-12-6-11(7-15-8-12)10-4-5-10/h6-8,10H,4-5,9H2,1-3H3. The Morgan fingerprint density at radius 2 is 2.12 bits per heavy atom. The number of hydrogen-bond acceptors (Lipinski definition) is 3. The van der Waals surface area contributed by atoms with Crippen molar-refractivity contribution in [1.29, 1.82) is 0 Å². The third-order valence-corrected chi connectivity index (χ3v) is 3.95. The maximum absolute atomic E-state index is 11.8. The second kappa shape index (κ2) is 4.81. The van der Waals surface area contributed by atoms with Gasteiger partial charge in [0.15, 0.2) is 0 Å². The minimum absolute atomic E-state index is 0.242. The zero-order valence-electron chi connectivity index (χ0n) is 10.7. The smallest absolute Gasteiger partial charge is 0.148 e. The summed E-state index contributed by atoms with van der Waals surface area (Å²) in [4.78, 5) is 17.2. The number of carbonyl (C=O) groups excluding carboxylic acids is 1. The van der Waals surface area contributed by atoms with E-state index in [9.17, 15) is 4.79 Å². The summed E-state index contributed by atoms with van der Waals surface area (Å²) in [6, 6.07) is 2.19. The van der Waals surface area contributed by atoms with Crippen LogP contribution in [-0.4, -0.2) is 16.5 Å². The van der Waals surface area contributed by atoms with Gasteiger partial charge in [-0.3, -0.25) is 9.78 Å². The maximum atomic E-state index is 11.8. The van der Waals surface area contributed by atoms with Crippen molar-refractivity contribution in [2.24, 2.45) is 5.41 Å². The average molecular weight is 249 g/mol. The van der Waals surface area contributed by atoms with Crippen LogP contribution in [0.4, 0.5) is 0 Å². The number of Topliss-reactive ketones (excluding diaryl/α,β-unsaturated/α-hetero) is 1. The molecule has 17 heavy (non-hydrogen) atoms. The van der Waals surface area contributed by atoms with E-state index in [2.05, 4.69) is 11.1 Å². The number of ketones is 1. The molecule has 0 bridgehead atoms. The Labute approximate surface area is 107 Å². The minimum Gasteiger partial charge on any atom is -0.298 e. The van der Waals surface area contributed by atoms with Crippen LogP contribution in [0.2, 0.25) is 0 Å². The molecule has 1 saturated carbocycles. The summed E-state index contributed by atoms with van der Waals surface area (Å²) in [5, 5.41) is 0. The zero-order chi connectivity index (χ0) is 12.5. The Balaban J connectivity index is 1.94. The zero-order valence-corrected chi connectivity index (χ0v) is 11.5. The van der Waals surface area contributed by atoms with Crippen molar-refractivity contribution in [3.8, 4) is 0 Å². The summed E-state index contributed by atoms with van der Waals surface area (Å²) in [5.74, 6) is 1.56. The number of thioether (sulfide) groups is 1. The van der Waals surface area contributed by atoms with Crippen molar-refractivity contribution >= 4 is 17.5 Å². The van der Waals surface area contributed by atoms with Gasteiger partial charge in [0.25, 0.3) is 0 Å². The third-order valence-electron chi connectivity index (χ3n) is 2.99. The van der Waals surface area contributed by atoms with Crippen LogP contribution in [0.25, 0.3) is 0 Å². The van der Waals surface area contributed by atoms with Gasteiger partial charge in [-0.25, -0.2) is 0 Å². The monoisotopic (exact) mass is 249 g/mol. The lowest BCUT2D eigenvalue weighted by molar-refractivity contribution is -0.123. The topological polar surface area (TPSA) is 30.0 Å². The van der Waals surface area contributed by atoms with E-state index >= 15 is 0 Å². The van der Waals surface area contributed by atoms with Crippen LogP contribution in [-0.2, 0) is 4.79 Å². The first-order valence-corrected chi connectivity index (χ1v) is 7.06. The van der Waals surface area contributed by atoms with Gasteiger partial charge in [0.1, 0.15) is 5.78 Å². The molecule has 1 aliphatic carbocycles. The molecule has 1 fully saturated rings. The van der Waals surface area contributed by atoms with E-state index in [0.717, 1.165) is 10.8 Å². The Kier molecular flexibility index (Phi) is 3.57.